The van der Waals surface area contributed by atoms with Crippen LogP contribution in [-0.4, -0.2) is 76.0 Å². The molecule has 0 aromatic carbocycles. The van der Waals surface area contributed by atoms with Gasteiger partial charge in [-0.3, -0.25) is 14.4 Å². The predicted octanol–water partition coefficient (Wildman–Crippen LogP) is 0.933. The van der Waals surface area contributed by atoms with Crippen molar-refractivity contribution < 1.29 is 9.90 Å². The van der Waals surface area contributed by atoms with Crippen LogP contribution in [0.3, 0.4) is 0 Å². The van der Waals surface area contributed by atoms with Crippen LogP contribution in [0.4, 0.5) is 5.69 Å². The summed E-state index contributed by atoms with van der Waals surface area (Å²) in [7, 11) is 2.17. The normalized spacial score (nSPS) is 29.2. The number of piperidine rings is 1. The van der Waals surface area contributed by atoms with E-state index in [2.05, 4.69) is 27.3 Å². The molecule has 138 valence electrons. The lowest BCUT2D eigenvalue weighted by atomic mass is 10.0. The number of aromatic nitrogens is 2. The van der Waals surface area contributed by atoms with E-state index in [0.29, 0.717) is 6.04 Å². The van der Waals surface area contributed by atoms with Crippen LogP contribution in [-0.2, 0) is 4.79 Å². The number of anilines is 1. The maximum atomic E-state index is 11.9. The van der Waals surface area contributed by atoms with Crippen molar-refractivity contribution in [3.8, 4) is 0 Å². The van der Waals surface area contributed by atoms with Gasteiger partial charge in [-0.05, 0) is 52.2 Å². The first-order valence-electron chi connectivity index (χ1n) is 9.54. The van der Waals surface area contributed by atoms with E-state index in [0.717, 1.165) is 44.6 Å². The average molecular weight is 347 g/mol. The summed E-state index contributed by atoms with van der Waals surface area (Å²) in [5, 5.41) is 17.3. The maximum Gasteiger partial charge on any atom is 0.227 e. The lowest BCUT2D eigenvalue weighted by molar-refractivity contribution is -0.117. The largest absolute Gasteiger partial charge is 0.395 e. The minimum Gasteiger partial charge on any atom is -0.395 e. The minimum atomic E-state index is 0.118. The van der Waals surface area contributed by atoms with Crippen LogP contribution in [0.2, 0.25) is 0 Å². The standard InChI is InChI=1S/C18H29N5O2/c1-21-6-4-15(5-7-21)22-11-16(8-17(22)12-24)23-10-14(9-19-23)20-18(25)13-2-3-13/h9-10,13,15-17,24H,2-8,11-12H2,1H3,(H,20,25)/t16-,17-/m0/s1. The Morgan fingerprint density at radius 2 is 2.04 bits per heavy atom. The summed E-state index contributed by atoms with van der Waals surface area (Å²) in [6, 6.07) is 1.04. The fraction of sp³-hybridized carbons (Fsp3) is 0.778. The molecule has 25 heavy (non-hydrogen) atoms. The van der Waals surface area contributed by atoms with Crippen LogP contribution >= 0.6 is 0 Å². The van der Waals surface area contributed by atoms with Crippen molar-refractivity contribution in [2.75, 3.05) is 38.6 Å². The first-order chi connectivity index (χ1) is 12.1. The van der Waals surface area contributed by atoms with Gasteiger partial charge in [0.2, 0.25) is 5.91 Å². The number of hydrogen-bond donors (Lipinski definition) is 2. The number of likely N-dealkylation sites (tertiary alicyclic amines) is 2. The van der Waals surface area contributed by atoms with E-state index < -0.39 is 0 Å². The van der Waals surface area contributed by atoms with Gasteiger partial charge in [-0.25, -0.2) is 0 Å². The molecule has 2 atom stereocenters. The number of nitrogens with one attached hydrogen (secondary N) is 1. The number of amides is 1. The Labute approximate surface area is 149 Å². The van der Waals surface area contributed by atoms with Gasteiger partial charge in [-0.1, -0.05) is 0 Å². The summed E-state index contributed by atoms with van der Waals surface area (Å²) >= 11 is 0. The molecular formula is C18H29N5O2. The fourth-order valence-electron chi connectivity index (χ4n) is 4.25. The third-order valence-corrected chi connectivity index (χ3v) is 5.99. The first kappa shape index (κ1) is 17.0. The van der Waals surface area contributed by atoms with Crippen molar-refractivity contribution in [1.29, 1.82) is 0 Å². The molecule has 0 bridgehead atoms. The molecule has 1 aromatic rings. The molecule has 3 fully saturated rings. The van der Waals surface area contributed by atoms with Gasteiger partial charge in [0.1, 0.15) is 0 Å². The van der Waals surface area contributed by atoms with E-state index in [1.54, 1.807) is 6.20 Å². The van der Waals surface area contributed by atoms with Gasteiger partial charge in [-0.15, -0.1) is 0 Å². The molecule has 2 N–H and O–H groups in total. The number of aliphatic hydroxyl groups is 1. The summed E-state index contributed by atoms with van der Waals surface area (Å²) in [5.41, 5.74) is 0.787. The third-order valence-electron chi connectivity index (χ3n) is 5.99. The lowest BCUT2D eigenvalue weighted by Crippen LogP contribution is -2.46. The van der Waals surface area contributed by atoms with Crippen molar-refractivity contribution in [3.05, 3.63) is 12.4 Å². The van der Waals surface area contributed by atoms with Crippen LogP contribution < -0.4 is 5.32 Å². The molecule has 4 rings (SSSR count). The van der Waals surface area contributed by atoms with E-state index in [4.69, 9.17) is 0 Å². The zero-order chi connectivity index (χ0) is 17.4. The number of carbonyl (C=O) groups is 1. The first-order valence-corrected chi connectivity index (χ1v) is 9.54. The van der Waals surface area contributed by atoms with Crippen molar-refractivity contribution in [1.82, 2.24) is 19.6 Å². The Hall–Kier alpha value is -1.44. The molecule has 1 saturated carbocycles. The number of nitrogens with zero attached hydrogens (tertiary/aromatic N) is 4. The quantitative estimate of drug-likeness (QED) is 0.829. The highest BCUT2D eigenvalue weighted by Gasteiger charge is 2.38. The summed E-state index contributed by atoms with van der Waals surface area (Å²) in [6.07, 6.45) is 8.95. The van der Waals surface area contributed by atoms with Crippen LogP contribution in [0.15, 0.2) is 12.4 Å². The molecule has 7 nitrogen and oxygen atoms in total. The van der Waals surface area contributed by atoms with E-state index in [1.165, 1.54) is 12.8 Å². The molecule has 7 heteroatoms. The molecular weight excluding hydrogens is 318 g/mol. The molecule has 1 amide bonds. The van der Waals surface area contributed by atoms with Crippen LogP contribution in [0.5, 0.6) is 0 Å². The highest BCUT2D eigenvalue weighted by atomic mass is 16.3. The Morgan fingerprint density at radius 1 is 1.28 bits per heavy atom. The van der Waals surface area contributed by atoms with Gasteiger partial charge in [0, 0.05) is 30.7 Å². The van der Waals surface area contributed by atoms with Crippen molar-refractivity contribution in [2.45, 2.75) is 50.2 Å². The summed E-state index contributed by atoms with van der Waals surface area (Å²) in [4.78, 5) is 16.8. The number of rotatable bonds is 5. The second kappa shape index (κ2) is 7.05. The zero-order valence-electron chi connectivity index (χ0n) is 15.0. The highest BCUT2D eigenvalue weighted by Crippen LogP contribution is 2.33. The fourth-order valence-corrected chi connectivity index (χ4v) is 4.25. The van der Waals surface area contributed by atoms with Gasteiger partial charge in [0.15, 0.2) is 0 Å². The topological polar surface area (TPSA) is 73.6 Å². The Morgan fingerprint density at radius 3 is 2.72 bits per heavy atom. The third kappa shape index (κ3) is 3.73. The van der Waals surface area contributed by atoms with Crippen molar-refractivity contribution in [2.24, 2.45) is 5.92 Å². The minimum absolute atomic E-state index is 0.118. The second-order valence-corrected chi connectivity index (χ2v) is 7.93. The molecule has 3 heterocycles. The Kier molecular flexibility index (Phi) is 4.80. The smallest absolute Gasteiger partial charge is 0.227 e. The summed E-state index contributed by atoms with van der Waals surface area (Å²) in [6.45, 7) is 3.39. The lowest BCUT2D eigenvalue weighted by Gasteiger charge is -2.37. The van der Waals surface area contributed by atoms with Crippen LogP contribution in [0, 0.1) is 5.92 Å². The number of aliphatic hydroxyl groups excluding tert-OH is 1. The van der Waals surface area contributed by atoms with Gasteiger partial charge in [-0.2, -0.15) is 5.10 Å². The maximum absolute atomic E-state index is 11.9. The molecule has 0 unspecified atom stereocenters. The highest BCUT2D eigenvalue weighted by molar-refractivity contribution is 5.93. The molecule has 2 saturated heterocycles. The van der Waals surface area contributed by atoms with Gasteiger partial charge in [0.05, 0.1) is 24.5 Å². The van der Waals surface area contributed by atoms with Gasteiger partial charge in [0.25, 0.3) is 0 Å². The Bertz CT molecular complexity index is 606. The number of hydrogen-bond acceptors (Lipinski definition) is 5. The average Bonchev–Trinajstić information content (AvgIpc) is 3.22. The summed E-state index contributed by atoms with van der Waals surface area (Å²) < 4.78 is 1.97. The van der Waals surface area contributed by atoms with Crippen LogP contribution in [0.25, 0.3) is 0 Å². The molecule has 0 spiro atoms. The molecule has 0 radical (unpaired) electrons. The second-order valence-electron chi connectivity index (χ2n) is 7.93. The molecule has 3 aliphatic rings. The Balaban J connectivity index is 1.39. The van der Waals surface area contributed by atoms with Crippen molar-refractivity contribution >= 4 is 11.6 Å². The SMILES string of the molecule is CN1CCC(N2C[C@@H](n3cc(NC(=O)C4CC4)cn3)C[C@H]2CO)CC1. The predicted molar refractivity (Wildman–Crippen MR) is 95.3 cm³/mol. The van der Waals surface area contributed by atoms with Gasteiger partial charge >= 0.3 is 0 Å². The van der Waals surface area contributed by atoms with E-state index in [-0.39, 0.29) is 30.5 Å². The molecule has 1 aliphatic carbocycles. The monoisotopic (exact) mass is 347 g/mol. The van der Waals surface area contributed by atoms with Gasteiger partial charge < -0.3 is 15.3 Å². The van der Waals surface area contributed by atoms with E-state index >= 15 is 0 Å². The summed E-state index contributed by atoms with van der Waals surface area (Å²) in [5.74, 6) is 0.320. The zero-order valence-corrected chi connectivity index (χ0v) is 15.0. The van der Waals surface area contributed by atoms with E-state index in [1.807, 2.05) is 10.9 Å². The molecule has 2 aliphatic heterocycles. The number of carbonyl (C=O) groups excluding carboxylic acids is 1. The molecule has 1 aromatic heterocycles. The van der Waals surface area contributed by atoms with Crippen LogP contribution in [0.1, 0.15) is 38.1 Å². The van der Waals surface area contributed by atoms with Crippen molar-refractivity contribution in [3.63, 3.8) is 0 Å². The van der Waals surface area contributed by atoms with E-state index in [9.17, 15) is 9.90 Å².